The van der Waals surface area contributed by atoms with Crippen molar-refractivity contribution in [1.29, 1.82) is 0 Å². The van der Waals surface area contributed by atoms with E-state index in [0.29, 0.717) is 46.1 Å². The lowest BCUT2D eigenvalue weighted by Crippen LogP contribution is -2.44. The monoisotopic (exact) mass is 881 g/mol. The number of cyclic esters (lactones) is 2. The van der Waals surface area contributed by atoms with E-state index in [1.54, 1.807) is 25.1 Å². The number of aromatic nitrogens is 2. The molecule has 0 amide bonds. The van der Waals surface area contributed by atoms with Gasteiger partial charge >= 0.3 is 11.9 Å². The van der Waals surface area contributed by atoms with Gasteiger partial charge in [-0.3, -0.25) is 14.4 Å². The van der Waals surface area contributed by atoms with Crippen molar-refractivity contribution in [3.05, 3.63) is 134 Å². The van der Waals surface area contributed by atoms with Gasteiger partial charge in [-0.05, 0) is 71.6 Å². The third-order valence-corrected chi connectivity index (χ3v) is 12.9. The van der Waals surface area contributed by atoms with Crippen LogP contribution in [0.3, 0.4) is 0 Å². The van der Waals surface area contributed by atoms with E-state index in [4.69, 9.17) is 28.4 Å². The molecule has 6 heterocycles. The molecule has 11 rings (SSSR count). The normalized spacial score (nSPS) is 21.4. The molecule has 1 saturated heterocycles. The first-order valence-corrected chi connectivity index (χ1v) is 21.5. The maximum atomic E-state index is 13.2. The Hall–Kier alpha value is -7.39. The van der Waals surface area contributed by atoms with Crippen molar-refractivity contribution in [3.8, 4) is 40.1 Å². The Labute approximate surface area is 373 Å². The number of fused-ring (bicyclic) bond motifs is 8. The summed E-state index contributed by atoms with van der Waals surface area (Å²) in [5.41, 5.74) is 4.82. The van der Waals surface area contributed by atoms with Crippen LogP contribution in [-0.4, -0.2) is 65.6 Å². The summed E-state index contributed by atoms with van der Waals surface area (Å²) in [6.45, 7) is 6.13. The number of phenols is 1. The molecule has 15 heteroatoms. The highest BCUT2D eigenvalue weighted by atomic mass is 16.7. The third-order valence-electron chi connectivity index (χ3n) is 12.9. The fraction of sp³-hybridized carbons (Fsp3) is 0.300. The average molecular weight is 882 g/mol. The smallest absolute Gasteiger partial charge is 0.343 e. The van der Waals surface area contributed by atoms with E-state index < -0.39 is 17.5 Å². The predicted molar refractivity (Wildman–Crippen MR) is 238 cm³/mol. The van der Waals surface area contributed by atoms with Gasteiger partial charge in [-0.2, -0.15) is 0 Å². The Morgan fingerprint density at radius 2 is 1.55 bits per heavy atom. The molecule has 6 aromatic rings. The summed E-state index contributed by atoms with van der Waals surface area (Å²) in [6, 6.07) is 26.1. The molecule has 0 unspecified atom stereocenters. The number of nitrogens with zero attached hydrogens (tertiary/aromatic N) is 2. The van der Waals surface area contributed by atoms with Crippen LogP contribution in [0.4, 0.5) is 5.69 Å². The molecule has 1 aliphatic carbocycles. The number of methoxy groups -OCH3 is 2. The highest BCUT2D eigenvalue weighted by Crippen LogP contribution is 2.56. The molecular formula is C50H47N3O12. The molecule has 0 spiro atoms. The number of para-hydroxylation sites is 2. The SMILES string of the molecule is CC.CC[C@@]1(O)C(=O)OCc2c1cc1n(c2=O)Cc2c-1nc1ccccc1c2C=O.COc1cc([C@@H]2c3cc4c(cc3[C@@H](Nc3ccccc3)[C@H]3COC(=O)[C@H]23)OCO4)cc(OC)c1O. The zero-order chi connectivity index (χ0) is 45.7. The van der Waals surface area contributed by atoms with Crippen molar-refractivity contribution in [1.82, 2.24) is 9.55 Å². The van der Waals surface area contributed by atoms with Crippen LogP contribution in [0.5, 0.6) is 28.7 Å². The Bertz CT molecular complexity index is 2930. The van der Waals surface area contributed by atoms with E-state index in [9.17, 15) is 29.4 Å². The zero-order valence-corrected chi connectivity index (χ0v) is 36.4. The number of carbonyl (C=O) groups excluding carboxylic acids is 3. The number of rotatable bonds is 7. The minimum Gasteiger partial charge on any atom is -0.502 e. The Balaban J connectivity index is 0.000000162. The highest BCUT2D eigenvalue weighted by molar-refractivity contribution is 6.01. The van der Waals surface area contributed by atoms with E-state index in [-0.39, 0.29) is 84.1 Å². The Morgan fingerprint density at radius 3 is 2.23 bits per heavy atom. The van der Waals surface area contributed by atoms with E-state index in [1.807, 2.05) is 80.6 Å². The maximum Gasteiger partial charge on any atom is 0.343 e. The first kappa shape index (κ1) is 42.9. The maximum absolute atomic E-state index is 13.2. The number of nitrogens with one attached hydrogen (secondary N) is 1. The molecule has 0 radical (unpaired) electrons. The third kappa shape index (κ3) is 6.88. The number of carbonyl (C=O) groups is 3. The van der Waals surface area contributed by atoms with Gasteiger partial charge in [0.2, 0.25) is 12.5 Å². The molecular weight excluding hydrogens is 835 g/mol. The number of aldehydes is 1. The number of phenolic OH excluding ortho intramolecular Hbond substituents is 1. The number of esters is 2. The van der Waals surface area contributed by atoms with Gasteiger partial charge in [0.25, 0.3) is 5.56 Å². The van der Waals surface area contributed by atoms with E-state index in [1.165, 1.54) is 18.8 Å². The molecule has 4 aliphatic heterocycles. The lowest BCUT2D eigenvalue weighted by molar-refractivity contribution is -0.172. The van der Waals surface area contributed by atoms with Crippen LogP contribution >= 0.6 is 0 Å². The summed E-state index contributed by atoms with van der Waals surface area (Å²) in [6.07, 6.45) is 0.869. The van der Waals surface area contributed by atoms with Crippen LogP contribution in [0.25, 0.3) is 22.3 Å². The number of hydrogen-bond acceptors (Lipinski definition) is 14. The molecule has 4 aromatic carbocycles. The second kappa shape index (κ2) is 17.0. The first-order chi connectivity index (χ1) is 31.6. The number of ether oxygens (including phenoxy) is 6. The van der Waals surface area contributed by atoms with Crippen molar-refractivity contribution >= 4 is 34.8 Å². The predicted octanol–water partition coefficient (Wildman–Crippen LogP) is 7.14. The lowest BCUT2D eigenvalue weighted by atomic mass is 9.65. The quantitative estimate of drug-likeness (QED) is 0.108. The van der Waals surface area contributed by atoms with Gasteiger partial charge < -0.3 is 48.5 Å². The summed E-state index contributed by atoms with van der Waals surface area (Å²) < 4.78 is 34.5. The van der Waals surface area contributed by atoms with Crippen LogP contribution in [0.15, 0.2) is 89.7 Å². The van der Waals surface area contributed by atoms with Gasteiger partial charge in [0, 0.05) is 39.6 Å². The second-order valence-electron chi connectivity index (χ2n) is 16.0. The van der Waals surface area contributed by atoms with Gasteiger partial charge in [-0.15, -0.1) is 0 Å². The minimum absolute atomic E-state index is 0.0827. The van der Waals surface area contributed by atoms with Gasteiger partial charge in [0.1, 0.15) is 6.61 Å². The van der Waals surface area contributed by atoms with Crippen LogP contribution in [-0.2, 0) is 37.8 Å². The Kier molecular flexibility index (Phi) is 11.2. The second-order valence-corrected chi connectivity index (χ2v) is 16.0. The number of benzene rings is 4. The number of aliphatic hydroxyl groups is 1. The van der Waals surface area contributed by atoms with E-state index in [2.05, 4.69) is 10.3 Å². The highest BCUT2D eigenvalue weighted by Gasteiger charge is 2.53. The van der Waals surface area contributed by atoms with Gasteiger partial charge in [0.15, 0.2) is 34.9 Å². The Morgan fingerprint density at radius 1 is 0.877 bits per heavy atom. The molecule has 5 atom stereocenters. The molecule has 1 fully saturated rings. The number of anilines is 1. The van der Waals surface area contributed by atoms with Crippen LogP contribution in [0.2, 0.25) is 0 Å². The fourth-order valence-electron chi connectivity index (χ4n) is 9.75. The molecule has 2 aromatic heterocycles. The van der Waals surface area contributed by atoms with E-state index >= 15 is 0 Å². The molecule has 0 bridgehead atoms. The first-order valence-electron chi connectivity index (χ1n) is 21.5. The van der Waals surface area contributed by atoms with Crippen LogP contribution < -0.4 is 29.8 Å². The summed E-state index contributed by atoms with van der Waals surface area (Å²) in [7, 11) is 2.97. The summed E-state index contributed by atoms with van der Waals surface area (Å²) in [5.74, 6) is -0.204. The molecule has 3 N–H and O–H groups in total. The molecule has 15 nitrogen and oxygen atoms in total. The van der Waals surface area contributed by atoms with Crippen molar-refractivity contribution in [2.24, 2.45) is 11.8 Å². The fourth-order valence-corrected chi connectivity index (χ4v) is 9.75. The largest absolute Gasteiger partial charge is 0.502 e. The number of pyridine rings is 2. The standard InChI is InChI=1S/C27H25NO7.C21H16N2O5.C2H6/c1-31-21-8-14(9-22(32-2)26(21)29)23-16-10-19-20(35-13-34-19)11-17(16)25(18-12-33-27(30)24(18)23)28-15-6-4-3-5-7-15;1-2-21(27)15-7-17-18-12(8-23(17)19(25)14(15)10-28-20(21)26)13(9-24)11-5-3-4-6-16(11)22-18;1-2/h3-11,18,23-25,28-29H,12-13H2,1-2H3;3-7,9,27H,2,8,10H2,1H3;1-2H3/t18-,23+,24-,25+;21-;/m00./s1. The van der Waals surface area contributed by atoms with Gasteiger partial charge in [0.05, 0.1) is 61.8 Å². The zero-order valence-electron chi connectivity index (χ0n) is 36.4. The van der Waals surface area contributed by atoms with Gasteiger partial charge in [-0.25, -0.2) is 9.78 Å². The van der Waals surface area contributed by atoms with Crippen molar-refractivity contribution in [3.63, 3.8) is 0 Å². The van der Waals surface area contributed by atoms with E-state index in [0.717, 1.165) is 34.1 Å². The van der Waals surface area contributed by atoms with Crippen molar-refractivity contribution in [2.45, 2.75) is 57.9 Å². The van der Waals surface area contributed by atoms with Crippen molar-refractivity contribution < 1.29 is 53.0 Å². The molecule has 0 saturated carbocycles. The number of hydrogen-bond donors (Lipinski definition) is 3. The topological polar surface area (TPSA) is 194 Å². The summed E-state index contributed by atoms with van der Waals surface area (Å²) in [5, 5.41) is 25.7. The lowest BCUT2D eigenvalue weighted by Gasteiger charge is -2.40. The van der Waals surface area contributed by atoms with Gasteiger partial charge in [-0.1, -0.05) is 57.2 Å². The number of aromatic hydroxyl groups is 1. The summed E-state index contributed by atoms with van der Waals surface area (Å²) >= 11 is 0. The molecule has 334 valence electrons. The minimum atomic E-state index is -1.87. The molecule has 5 aliphatic rings. The average Bonchev–Trinajstić information content (AvgIpc) is 4.07. The summed E-state index contributed by atoms with van der Waals surface area (Å²) in [4.78, 5) is 55.0. The van der Waals surface area contributed by atoms with Crippen LogP contribution in [0, 0.1) is 11.8 Å². The molecule has 65 heavy (non-hydrogen) atoms. The van der Waals surface area contributed by atoms with Crippen molar-refractivity contribution in [2.75, 3.05) is 32.9 Å². The van der Waals surface area contributed by atoms with Crippen LogP contribution in [0.1, 0.15) is 82.9 Å².